The van der Waals surface area contributed by atoms with Crippen molar-refractivity contribution in [3.05, 3.63) is 18.1 Å². The number of aliphatic hydroxyl groups is 2. The quantitative estimate of drug-likeness (QED) is 0.396. The summed E-state index contributed by atoms with van der Waals surface area (Å²) in [6, 6.07) is 0. The summed E-state index contributed by atoms with van der Waals surface area (Å²) in [6.07, 6.45) is 0. The molecule has 0 amide bonds. The molecule has 2 N–H and O–H groups in total. The average Bonchev–Trinajstić information content (AvgIpc) is 1.65. The van der Waals surface area contributed by atoms with E-state index in [-0.39, 0.29) is 24.8 Å². The number of halogens is 1. The molecule has 0 heterocycles. The molecule has 0 aromatic carbocycles. The Morgan fingerprint density at radius 2 is 2.14 bits per heavy atom. The second-order valence-corrected chi connectivity index (χ2v) is 0.782. The molecule has 0 radical (unpaired) electrons. The maximum Gasteiger partial charge on any atom is 0.160 e. The lowest BCUT2D eigenvalue weighted by Crippen LogP contribution is -1.82. The highest BCUT2D eigenvalue weighted by Crippen LogP contribution is 1.74. The first-order chi connectivity index (χ1) is 2.81. The van der Waals surface area contributed by atoms with E-state index < -0.39 is 0 Å². The molecule has 0 aliphatic carbocycles. The third-order valence-corrected chi connectivity index (χ3v) is 0.354. The standard InChI is InChI=1S/C4H6O2.ClH/c1-2-4(6)3-5;/h5-6H,1,3H2;1H. The third-order valence-electron chi connectivity index (χ3n) is 0.354. The van der Waals surface area contributed by atoms with Gasteiger partial charge in [-0.15, -0.1) is 12.4 Å². The molecule has 7 heavy (non-hydrogen) atoms. The fourth-order valence-corrected chi connectivity index (χ4v) is 0.0559. The van der Waals surface area contributed by atoms with Crippen molar-refractivity contribution in [1.82, 2.24) is 0 Å². The van der Waals surface area contributed by atoms with Crippen LogP contribution in [0.15, 0.2) is 18.1 Å². The Hall–Kier alpha value is -0.430. The van der Waals surface area contributed by atoms with Crippen molar-refractivity contribution in [1.29, 1.82) is 0 Å². The van der Waals surface area contributed by atoms with E-state index in [9.17, 15) is 0 Å². The molecule has 42 valence electrons. The summed E-state index contributed by atoms with van der Waals surface area (Å²) in [5.41, 5.74) is 2.09. The van der Waals surface area contributed by atoms with Crippen LogP contribution in [-0.4, -0.2) is 16.8 Å². The maximum absolute atomic E-state index is 8.16. The lowest BCUT2D eigenvalue weighted by atomic mass is 10.6. The van der Waals surface area contributed by atoms with Gasteiger partial charge in [0, 0.05) is 0 Å². The van der Waals surface area contributed by atoms with Gasteiger partial charge in [-0.2, -0.15) is 0 Å². The van der Waals surface area contributed by atoms with E-state index in [0.29, 0.717) is 0 Å². The highest BCUT2D eigenvalue weighted by atomic mass is 35.5. The van der Waals surface area contributed by atoms with Crippen LogP contribution in [0.25, 0.3) is 0 Å². The Balaban J connectivity index is 0. The highest BCUT2D eigenvalue weighted by molar-refractivity contribution is 5.85. The normalized spacial score (nSPS) is 5.86. The van der Waals surface area contributed by atoms with Gasteiger partial charge in [-0.25, -0.2) is 0 Å². The lowest BCUT2D eigenvalue weighted by Gasteiger charge is -1.80. The zero-order chi connectivity index (χ0) is 4.99. The predicted molar refractivity (Wildman–Crippen MR) is 29.6 cm³/mol. The van der Waals surface area contributed by atoms with Crippen LogP contribution < -0.4 is 0 Å². The third kappa shape index (κ3) is 5.57. The molecule has 0 unspecified atom stereocenters. The average molecular weight is 123 g/mol. The summed E-state index contributed by atoms with van der Waals surface area (Å²) in [6.45, 7) is 2.69. The summed E-state index contributed by atoms with van der Waals surface area (Å²) in [4.78, 5) is 0. The van der Waals surface area contributed by atoms with Crippen molar-refractivity contribution < 1.29 is 10.2 Å². The number of hydrogen-bond donors (Lipinski definition) is 2. The van der Waals surface area contributed by atoms with Gasteiger partial charge in [0.25, 0.3) is 0 Å². The summed E-state index contributed by atoms with van der Waals surface area (Å²) in [5.74, 6) is -0.213. The molecule has 0 saturated carbocycles. The van der Waals surface area contributed by atoms with Gasteiger partial charge in [0.1, 0.15) is 6.61 Å². The van der Waals surface area contributed by atoms with Crippen molar-refractivity contribution >= 4 is 12.4 Å². The largest absolute Gasteiger partial charge is 0.502 e. The summed E-state index contributed by atoms with van der Waals surface area (Å²) < 4.78 is 0. The topological polar surface area (TPSA) is 40.5 Å². The molecular formula is C4H7ClO2. The van der Waals surface area contributed by atoms with Crippen LogP contribution >= 0.6 is 12.4 Å². The molecule has 0 spiro atoms. The molecule has 0 bridgehead atoms. The van der Waals surface area contributed by atoms with Gasteiger partial charge in [0.15, 0.2) is 5.76 Å². The lowest BCUT2D eigenvalue weighted by molar-refractivity contribution is 0.254. The smallest absolute Gasteiger partial charge is 0.160 e. The number of hydrogen-bond acceptors (Lipinski definition) is 2. The van der Waals surface area contributed by atoms with Crippen molar-refractivity contribution in [2.75, 3.05) is 6.61 Å². The summed E-state index contributed by atoms with van der Waals surface area (Å²) >= 11 is 0. The molecule has 0 fully saturated rings. The van der Waals surface area contributed by atoms with E-state index in [2.05, 4.69) is 12.3 Å². The van der Waals surface area contributed by atoms with E-state index in [0.717, 1.165) is 0 Å². The fraction of sp³-hybridized carbons (Fsp3) is 0.250. The molecule has 3 heteroatoms. The zero-order valence-corrected chi connectivity index (χ0v) is 4.53. The van der Waals surface area contributed by atoms with Crippen LogP contribution in [0.3, 0.4) is 0 Å². The minimum atomic E-state index is -0.372. The first-order valence-electron chi connectivity index (χ1n) is 1.50. The monoisotopic (exact) mass is 122 g/mol. The molecule has 0 atom stereocenters. The van der Waals surface area contributed by atoms with Gasteiger partial charge in [-0.05, 0) is 0 Å². The fourth-order valence-electron chi connectivity index (χ4n) is 0.0559. The Morgan fingerprint density at radius 3 is 2.14 bits per heavy atom. The van der Waals surface area contributed by atoms with E-state index in [1.54, 1.807) is 0 Å². The van der Waals surface area contributed by atoms with Gasteiger partial charge in [0.05, 0.1) is 0 Å². The van der Waals surface area contributed by atoms with Crippen molar-refractivity contribution in [2.45, 2.75) is 0 Å². The number of aliphatic hydroxyl groups excluding tert-OH is 2. The second kappa shape index (κ2) is 5.57. The molecule has 0 aliphatic rings. The maximum atomic E-state index is 8.16. The molecule has 0 saturated heterocycles. The highest BCUT2D eigenvalue weighted by Gasteiger charge is 1.76. The Kier molecular flexibility index (Phi) is 7.77. The second-order valence-electron chi connectivity index (χ2n) is 0.782. The van der Waals surface area contributed by atoms with Crippen LogP contribution in [0.1, 0.15) is 0 Å². The van der Waals surface area contributed by atoms with Crippen molar-refractivity contribution in [3.63, 3.8) is 0 Å². The Labute approximate surface area is 48.2 Å². The first-order valence-corrected chi connectivity index (χ1v) is 1.50. The van der Waals surface area contributed by atoms with E-state index in [1.165, 1.54) is 0 Å². The van der Waals surface area contributed by atoms with Crippen molar-refractivity contribution in [3.8, 4) is 0 Å². The Bertz CT molecular complexity index is 83.7. The Morgan fingerprint density at radius 1 is 1.71 bits per heavy atom. The van der Waals surface area contributed by atoms with Gasteiger partial charge < -0.3 is 10.2 Å². The molecule has 2 nitrogen and oxygen atoms in total. The van der Waals surface area contributed by atoms with Gasteiger partial charge in [0.2, 0.25) is 0 Å². The van der Waals surface area contributed by atoms with Crippen molar-refractivity contribution in [2.24, 2.45) is 0 Å². The molecule has 0 aromatic rings. The first kappa shape index (κ1) is 9.76. The molecule has 0 aromatic heterocycles. The summed E-state index contributed by atoms with van der Waals surface area (Å²) in [5, 5.41) is 16.1. The zero-order valence-electron chi connectivity index (χ0n) is 3.72. The van der Waals surface area contributed by atoms with Crippen LogP contribution in [0.5, 0.6) is 0 Å². The van der Waals surface area contributed by atoms with Crippen LogP contribution in [-0.2, 0) is 0 Å². The van der Waals surface area contributed by atoms with E-state index in [4.69, 9.17) is 10.2 Å². The summed E-state index contributed by atoms with van der Waals surface area (Å²) in [7, 11) is 0. The minimum absolute atomic E-state index is 0. The van der Waals surface area contributed by atoms with E-state index in [1.807, 2.05) is 0 Å². The minimum Gasteiger partial charge on any atom is -0.502 e. The van der Waals surface area contributed by atoms with Crippen LogP contribution in [0.2, 0.25) is 0 Å². The SMILES string of the molecule is C=C=C(O)CO.Cl. The molecule has 0 aliphatic heterocycles. The molecule has 0 rings (SSSR count). The molecular weight excluding hydrogens is 115 g/mol. The van der Waals surface area contributed by atoms with Crippen LogP contribution in [0.4, 0.5) is 0 Å². The van der Waals surface area contributed by atoms with Gasteiger partial charge in [-0.3, -0.25) is 0 Å². The number of rotatable bonds is 1. The van der Waals surface area contributed by atoms with Gasteiger partial charge in [-0.1, -0.05) is 12.3 Å². The van der Waals surface area contributed by atoms with Crippen LogP contribution in [0, 0.1) is 0 Å². The van der Waals surface area contributed by atoms with E-state index >= 15 is 0 Å². The predicted octanol–water partition coefficient (Wildman–Crippen LogP) is 0.627. The van der Waals surface area contributed by atoms with Gasteiger partial charge >= 0.3 is 0 Å².